The highest BCUT2D eigenvalue weighted by Crippen LogP contribution is 2.39. The first kappa shape index (κ1) is 22.1. The summed E-state index contributed by atoms with van der Waals surface area (Å²) in [5.41, 5.74) is 6.09. The van der Waals surface area contributed by atoms with E-state index in [4.69, 9.17) is 5.73 Å². The van der Waals surface area contributed by atoms with Gasteiger partial charge in [0.2, 0.25) is 15.9 Å². The number of rotatable bonds is 6. The first-order valence-electron chi connectivity index (χ1n) is 9.16. The van der Waals surface area contributed by atoms with Crippen LogP contribution in [0.2, 0.25) is 0 Å². The second-order valence-corrected chi connectivity index (χ2v) is 9.09. The molecule has 2 aliphatic carbocycles. The maximum Gasteiger partial charge on any atom is 0.243 e. The van der Waals surface area contributed by atoms with Crippen molar-refractivity contribution in [2.45, 2.75) is 55.5 Å². The van der Waals surface area contributed by atoms with Gasteiger partial charge < -0.3 is 11.1 Å². The number of carbonyl (C=O) groups excluding carboxylic acids is 1. The van der Waals surface area contributed by atoms with Gasteiger partial charge in [-0.25, -0.2) is 17.5 Å². The van der Waals surface area contributed by atoms with Gasteiger partial charge in [-0.05, 0) is 49.7 Å². The molecule has 2 atom stereocenters. The van der Waals surface area contributed by atoms with Gasteiger partial charge >= 0.3 is 0 Å². The molecule has 2 bridgehead atoms. The third-order valence-electron chi connectivity index (χ3n) is 5.47. The van der Waals surface area contributed by atoms with E-state index in [0.717, 1.165) is 31.7 Å². The SMILES string of the molecule is Cl.NC1CC2CCCC(C1)C2NC(=O)CCNS(=O)(=O)c1ccccc1F. The fourth-order valence-corrected chi connectivity index (χ4v) is 5.43. The minimum atomic E-state index is -3.96. The molecule has 0 radical (unpaired) electrons. The Kier molecular flexibility index (Phi) is 7.62. The Morgan fingerprint density at radius 3 is 2.44 bits per heavy atom. The number of halogens is 2. The lowest BCUT2D eigenvalue weighted by atomic mass is 9.67. The molecule has 1 aromatic carbocycles. The van der Waals surface area contributed by atoms with Gasteiger partial charge in [-0.3, -0.25) is 4.79 Å². The topological polar surface area (TPSA) is 101 Å². The van der Waals surface area contributed by atoms with Crippen LogP contribution in [0.5, 0.6) is 0 Å². The molecule has 0 spiro atoms. The number of carbonyl (C=O) groups is 1. The summed E-state index contributed by atoms with van der Waals surface area (Å²) < 4.78 is 40.2. The summed E-state index contributed by atoms with van der Waals surface area (Å²) in [6.07, 6.45) is 5.22. The number of nitrogens with one attached hydrogen (secondary N) is 2. The molecule has 27 heavy (non-hydrogen) atoms. The largest absolute Gasteiger partial charge is 0.353 e. The van der Waals surface area contributed by atoms with Gasteiger partial charge in [-0.1, -0.05) is 18.6 Å². The second kappa shape index (κ2) is 9.32. The zero-order valence-electron chi connectivity index (χ0n) is 15.1. The maximum atomic E-state index is 13.6. The molecular formula is C18H27ClFN3O3S. The molecule has 3 rings (SSSR count). The highest BCUT2D eigenvalue weighted by molar-refractivity contribution is 7.89. The Morgan fingerprint density at radius 1 is 1.19 bits per heavy atom. The molecule has 1 aromatic rings. The van der Waals surface area contributed by atoms with E-state index in [1.807, 2.05) is 0 Å². The molecule has 2 saturated carbocycles. The number of benzene rings is 1. The zero-order valence-corrected chi connectivity index (χ0v) is 16.7. The Balaban J connectivity index is 0.00000261. The van der Waals surface area contributed by atoms with Gasteiger partial charge in [0.15, 0.2) is 0 Å². The van der Waals surface area contributed by atoms with Crippen LogP contribution < -0.4 is 15.8 Å². The van der Waals surface area contributed by atoms with Crippen LogP contribution in [-0.2, 0) is 14.8 Å². The van der Waals surface area contributed by atoms with Crippen LogP contribution in [0.1, 0.15) is 38.5 Å². The summed E-state index contributed by atoms with van der Waals surface area (Å²) in [6.45, 7) is -0.0654. The molecule has 1 amide bonds. The lowest BCUT2D eigenvalue weighted by Gasteiger charge is -2.45. The molecule has 2 unspecified atom stereocenters. The van der Waals surface area contributed by atoms with E-state index in [0.29, 0.717) is 11.8 Å². The van der Waals surface area contributed by atoms with Crippen LogP contribution in [0, 0.1) is 17.7 Å². The molecular weight excluding hydrogens is 393 g/mol. The summed E-state index contributed by atoms with van der Waals surface area (Å²) in [6, 6.07) is 5.52. The first-order chi connectivity index (χ1) is 12.4. The van der Waals surface area contributed by atoms with Crippen molar-refractivity contribution in [1.82, 2.24) is 10.0 Å². The molecule has 152 valence electrons. The predicted molar refractivity (Wildman–Crippen MR) is 103 cm³/mol. The van der Waals surface area contributed by atoms with Gasteiger partial charge in [-0.2, -0.15) is 0 Å². The number of sulfonamides is 1. The zero-order chi connectivity index (χ0) is 18.7. The Morgan fingerprint density at radius 2 is 1.81 bits per heavy atom. The average Bonchev–Trinajstić information content (AvgIpc) is 2.56. The summed E-state index contributed by atoms with van der Waals surface area (Å²) in [7, 11) is -3.96. The van der Waals surface area contributed by atoms with Crippen LogP contribution in [0.25, 0.3) is 0 Å². The number of fused-ring (bicyclic) bond motifs is 2. The molecule has 2 fully saturated rings. The number of amides is 1. The van der Waals surface area contributed by atoms with Crippen LogP contribution in [0.15, 0.2) is 29.2 Å². The smallest absolute Gasteiger partial charge is 0.243 e. The van der Waals surface area contributed by atoms with E-state index in [-0.39, 0.29) is 43.4 Å². The Bertz CT molecular complexity index is 748. The third kappa shape index (κ3) is 5.40. The fraction of sp³-hybridized carbons (Fsp3) is 0.611. The Labute approximate surface area is 165 Å². The average molecular weight is 420 g/mol. The van der Waals surface area contributed by atoms with Crippen molar-refractivity contribution in [2.75, 3.05) is 6.54 Å². The quantitative estimate of drug-likeness (QED) is 0.655. The Hall–Kier alpha value is -1.22. The van der Waals surface area contributed by atoms with Gasteiger partial charge in [0.25, 0.3) is 0 Å². The lowest BCUT2D eigenvalue weighted by molar-refractivity contribution is -0.123. The van der Waals surface area contributed by atoms with E-state index in [2.05, 4.69) is 10.0 Å². The van der Waals surface area contributed by atoms with Crippen molar-refractivity contribution in [3.63, 3.8) is 0 Å². The minimum absolute atomic E-state index is 0. The number of nitrogens with two attached hydrogens (primary N) is 1. The summed E-state index contributed by atoms with van der Waals surface area (Å²) in [4.78, 5) is 11.9. The maximum absolute atomic E-state index is 13.6. The van der Waals surface area contributed by atoms with Crippen molar-refractivity contribution in [3.05, 3.63) is 30.1 Å². The van der Waals surface area contributed by atoms with E-state index < -0.39 is 20.7 Å². The van der Waals surface area contributed by atoms with Crippen LogP contribution in [-0.4, -0.2) is 33.0 Å². The molecule has 2 aliphatic rings. The highest BCUT2D eigenvalue weighted by Gasteiger charge is 2.39. The summed E-state index contributed by atoms with van der Waals surface area (Å²) in [5, 5.41) is 3.08. The van der Waals surface area contributed by atoms with E-state index in [1.54, 1.807) is 0 Å². The van der Waals surface area contributed by atoms with Crippen LogP contribution >= 0.6 is 12.4 Å². The van der Waals surface area contributed by atoms with E-state index in [1.165, 1.54) is 24.6 Å². The monoisotopic (exact) mass is 419 g/mol. The van der Waals surface area contributed by atoms with Gasteiger partial charge in [0, 0.05) is 25.0 Å². The van der Waals surface area contributed by atoms with Crippen molar-refractivity contribution in [2.24, 2.45) is 17.6 Å². The third-order valence-corrected chi connectivity index (χ3v) is 6.97. The predicted octanol–water partition coefficient (Wildman–Crippen LogP) is 1.94. The van der Waals surface area contributed by atoms with Gasteiger partial charge in [-0.15, -0.1) is 12.4 Å². The first-order valence-corrected chi connectivity index (χ1v) is 10.6. The van der Waals surface area contributed by atoms with Crippen molar-refractivity contribution >= 4 is 28.3 Å². The molecule has 0 aliphatic heterocycles. The highest BCUT2D eigenvalue weighted by atomic mass is 35.5. The molecule has 4 N–H and O–H groups in total. The summed E-state index contributed by atoms with van der Waals surface area (Å²) in [5.74, 6) is -0.164. The lowest BCUT2D eigenvalue weighted by Crippen LogP contribution is -2.54. The standard InChI is InChI=1S/C18H26FN3O3S.ClH/c19-15-6-1-2-7-16(15)26(24,25)21-9-8-17(23)22-18-12-4-3-5-13(18)11-14(20)10-12;/h1-2,6-7,12-14,18,21H,3-5,8-11,20H2,(H,22,23);1H. The normalized spacial score (nSPS) is 27.5. The minimum Gasteiger partial charge on any atom is -0.353 e. The molecule has 0 heterocycles. The van der Waals surface area contributed by atoms with Crippen molar-refractivity contribution < 1.29 is 17.6 Å². The molecule has 9 heteroatoms. The van der Waals surface area contributed by atoms with Gasteiger partial charge in [0.05, 0.1) is 0 Å². The van der Waals surface area contributed by atoms with E-state index >= 15 is 0 Å². The van der Waals surface area contributed by atoms with Crippen molar-refractivity contribution in [3.8, 4) is 0 Å². The van der Waals surface area contributed by atoms with Crippen molar-refractivity contribution in [1.29, 1.82) is 0 Å². The fourth-order valence-electron chi connectivity index (χ4n) is 4.32. The van der Waals surface area contributed by atoms with Gasteiger partial charge in [0.1, 0.15) is 10.7 Å². The van der Waals surface area contributed by atoms with Crippen LogP contribution in [0.4, 0.5) is 4.39 Å². The second-order valence-electron chi connectivity index (χ2n) is 7.35. The number of hydrogen-bond acceptors (Lipinski definition) is 4. The number of hydrogen-bond donors (Lipinski definition) is 3. The molecule has 0 aromatic heterocycles. The van der Waals surface area contributed by atoms with E-state index in [9.17, 15) is 17.6 Å². The summed E-state index contributed by atoms with van der Waals surface area (Å²) >= 11 is 0. The molecule has 0 saturated heterocycles. The molecule has 6 nitrogen and oxygen atoms in total. The van der Waals surface area contributed by atoms with Crippen LogP contribution in [0.3, 0.4) is 0 Å².